The summed E-state index contributed by atoms with van der Waals surface area (Å²) in [7, 11) is 2.19. The van der Waals surface area contributed by atoms with Gasteiger partial charge in [0.1, 0.15) is 0 Å². The summed E-state index contributed by atoms with van der Waals surface area (Å²) >= 11 is 0. The topological polar surface area (TPSA) is 35.6 Å². The van der Waals surface area contributed by atoms with E-state index in [0.717, 1.165) is 38.0 Å². The summed E-state index contributed by atoms with van der Waals surface area (Å²) in [5.41, 5.74) is 3.66. The Hall–Kier alpha value is -2.33. The Labute approximate surface area is 168 Å². The number of urea groups is 1. The average Bonchev–Trinajstić information content (AvgIpc) is 2.74. The number of nitrogens with zero attached hydrogens (tertiary/aromatic N) is 2. The zero-order valence-corrected chi connectivity index (χ0v) is 16.8. The summed E-state index contributed by atoms with van der Waals surface area (Å²) in [5.74, 6) is 0.587. The van der Waals surface area contributed by atoms with E-state index in [2.05, 4.69) is 58.6 Å². The monoisotopic (exact) mass is 377 g/mol. The quantitative estimate of drug-likeness (QED) is 0.871. The highest BCUT2D eigenvalue weighted by Crippen LogP contribution is 2.36. The summed E-state index contributed by atoms with van der Waals surface area (Å²) < 4.78 is 0. The molecule has 28 heavy (non-hydrogen) atoms. The maximum atomic E-state index is 13.3. The highest BCUT2D eigenvalue weighted by Gasteiger charge is 2.36. The smallest absolute Gasteiger partial charge is 0.322 e. The van der Waals surface area contributed by atoms with Crippen molar-refractivity contribution >= 4 is 11.7 Å². The van der Waals surface area contributed by atoms with Gasteiger partial charge in [-0.2, -0.15) is 0 Å². The van der Waals surface area contributed by atoms with Crippen LogP contribution in [0.25, 0.3) is 0 Å². The Kier molecular flexibility index (Phi) is 5.96. The van der Waals surface area contributed by atoms with Crippen LogP contribution in [0.3, 0.4) is 0 Å². The lowest BCUT2D eigenvalue weighted by Crippen LogP contribution is -2.53. The van der Waals surface area contributed by atoms with Crippen LogP contribution in [0.2, 0.25) is 0 Å². The fourth-order valence-electron chi connectivity index (χ4n) is 4.73. The molecule has 2 aromatic rings. The molecule has 148 valence electrons. The number of hydrogen-bond donors (Lipinski definition) is 1. The van der Waals surface area contributed by atoms with Gasteiger partial charge in [0.25, 0.3) is 0 Å². The van der Waals surface area contributed by atoms with Crippen LogP contribution in [0.15, 0.2) is 54.6 Å². The van der Waals surface area contributed by atoms with E-state index in [1.807, 2.05) is 18.2 Å². The van der Waals surface area contributed by atoms with Crippen molar-refractivity contribution in [1.29, 1.82) is 0 Å². The molecule has 1 unspecified atom stereocenters. The summed E-state index contributed by atoms with van der Waals surface area (Å²) in [6, 6.07) is 19.2. The van der Waals surface area contributed by atoms with Gasteiger partial charge in [-0.3, -0.25) is 4.90 Å². The molecule has 1 saturated heterocycles. The maximum absolute atomic E-state index is 13.3. The predicted octanol–water partition coefficient (Wildman–Crippen LogP) is 4.10. The Morgan fingerprint density at radius 1 is 1.00 bits per heavy atom. The molecule has 2 aromatic carbocycles. The third-order valence-electron chi connectivity index (χ3n) is 6.35. The first-order chi connectivity index (χ1) is 13.7. The third-order valence-corrected chi connectivity index (χ3v) is 6.35. The Morgan fingerprint density at radius 3 is 2.50 bits per heavy atom. The number of benzene rings is 2. The lowest BCUT2D eigenvalue weighted by atomic mass is 9.82. The molecule has 0 saturated carbocycles. The number of rotatable bonds is 4. The molecule has 2 aliphatic heterocycles. The minimum atomic E-state index is 0.0620. The van der Waals surface area contributed by atoms with E-state index in [1.54, 1.807) is 0 Å². The minimum absolute atomic E-state index is 0.0620. The largest absolute Gasteiger partial charge is 0.337 e. The van der Waals surface area contributed by atoms with Crippen molar-refractivity contribution in [2.45, 2.75) is 38.1 Å². The lowest BCUT2D eigenvalue weighted by Gasteiger charge is -2.43. The zero-order chi connectivity index (χ0) is 19.3. The molecule has 4 heteroatoms. The van der Waals surface area contributed by atoms with E-state index in [4.69, 9.17) is 0 Å². The van der Waals surface area contributed by atoms with Gasteiger partial charge in [-0.05, 0) is 75.4 Å². The van der Waals surface area contributed by atoms with Crippen LogP contribution in [0, 0.1) is 5.92 Å². The number of hydrogen-bond acceptors (Lipinski definition) is 2. The van der Waals surface area contributed by atoms with Crippen molar-refractivity contribution in [3.05, 3.63) is 65.7 Å². The van der Waals surface area contributed by atoms with Crippen molar-refractivity contribution in [2.24, 2.45) is 5.92 Å². The van der Waals surface area contributed by atoms with Gasteiger partial charge >= 0.3 is 6.03 Å². The van der Waals surface area contributed by atoms with Gasteiger partial charge in [0.2, 0.25) is 0 Å². The van der Waals surface area contributed by atoms with E-state index in [9.17, 15) is 4.79 Å². The number of carbonyl (C=O) groups excluding carboxylic acids is 1. The number of carbonyl (C=O) groups is 1. The van der Waals surface area contributed by atoms with Crippen LogP contribution >= 0.6 is 0 Å². The second-order valence-electron chi connectivity index (χ2n) is 8.21. The molecule has 2 heterocycles. The molecule has 2 amide bonds. The molecule has 0 aliphatic carbocycles. The highest BCUT2D eigenvalue weighted by atomic mass is 16.2. The molecular weight excluding hydrogens is 346 g/mol. The van der Waals surface area contributed by atoms with E-state index in [1.165, 1.54) is 24.0 Å². The standard InChI is InChI=1S/C24H31N3O/c1-26-17-14-21(15-18-26)23-12-11-20-9-5-6-10-22(20)27(23)24(28)25-16-13-19-7-3-2-4-8-19/h2-10,21,23H,11-18H2,1H3,(H,25,28). The molecule has 0 aromatic heterocycles. The first-order valence-electron chi connectivity index (χ1n) is 10.6. The number of anilines is 1. The van der Waals surface area contributed by atoms with E-state index in [0.29, 0.717) is 18.5 Å². The van der Waals surface area contributed by atoms with Gasteiger partial charge in [0.15, 0.2) is 0 Å². The van der Waals surface area contributed by atoms with Gasteiger partial charge in [-0.1, -0.05) is 48.5 Å². The molecule has 0 spiro atoms. The van der Waals surface area contributed by atoms with Crippen LogP contribution < -0.4 is 10.2 Å². The van der Waals surface area contributed by atoms with Crippen LogP contribution in [0.1, 0.15) is 30.4 Å². The molecule has 1 atom stereocenters. The van der Waals surface area contributed by atoms with Gasteiger partial charge in [0, 0.05) is 18.3 Å². The Balaban J connectivity index is 1.48. The fraction of sp³-hybridized carbons (Fsp3) is 0.458. The van der Waals surface area contributed by atoms with E-state index >= 15 is 0 Å². The van der Waals surface area contributed by atoms with Crippen molar-refractivity contribution in [3.8, 4) is 0 Å². The second kappa shape index (κ2) is 8.78. The van der Waals surface area contributed by atoms with E-state index in [-0.39, 0.29) is 6.03 Å². The molecule has 1 fully saturated rings. The lowest BCUT2D eigenvalue weighted by molar-refractivity contribution is 0.186. The predicted molar refractivity (Wildman–Crippen MR) is 115 cm³/mol. The van der Waals surface area contributed by atoms with Crippen molar-refractivity contribution in [2.75, 3.05) is 31.6 Å². The number of likely N-dealkylation sites (tertiary alicyclic amines) is 1. The molecule has 4 nitrogen and oxygen atoms in total. The van der Waals surface area contributed by atoms with Crippen LogP contribution in [0.5, 0.6) is 0 Å². The fourth-order valence-corrected chi connectivity index (χ4v) is 4.73. The number of piperidine rings is 1. The molecule has 2 aliphatic rings. The number of fused-ring (bicyclic) bond motifs is 1. The first kappa shape index (κ1) is 19.0. The van der Waals surface area contributed by atoms with Gasteiger partial charge in [0.05, 0.1) is 0 Å². The number of amides is 2. The van der Waals surface area contributed by atoms with E-state index < -0.39 is 0 Å². The van der Waals surface area contributed by atoms with Crippen molar-refractivity contribution in [1.82, 2.24) is 10.2 Å². The molecule has 4 rings (SSSR count). The zero-order valence-electron chi connectivity index (χ0n) is 16.8. The summed E-state index contributed by atoms with van der Waals surface area (Å²) in [6.45, 7) is 2.93. The average molecular weight is 378 g/mol. The Bertz CT molecular complexity index is 783. The van der Waals surface area contributed by atoms with Crippen LogP contribution in [-0.2, 0) is 12.8 Å². The number of nitrogens with one attached hydrogen (secondary N) is 1. The van der Waals surface area contributed by atoms with Gasteiger partial charge in [-0.15, -0.1) is 0 Å². The second-order valence-corrected chi connectivity index (χ2v) is 8.21. The Morgan fingerprint density at radius 2 is 1.71 bits per heavy atom. The molecule has 0 radical (unpaired) electrons. The van der Waals surface area contributed by atoms with Crippen LogP contribution in [0.4, 0.5) is 10.5 Å². The minimum Gasteiger partial charge on any atom is -0.337 e. The summed E-state index contributed by atoms with van der Waals surface area (Å²) in [5, 5.41) is 3.20. The summed E-state index contributed by atoms with van der Waals surface area (Å²) in [4.78, 5) is 17.8. The highest BCUT2D eigenvalue weighted by molar-refractivity contribution is 5.94. The molecular formula is C24H31N3O. The van der Waals surface area contributed by atoms with Crippen molar-refractivity contribution in [3.63, 3.8) is 0 Å². The normalized spacial score (nSPS) is 20.6. The van der Waals surface area contributed by atoms with Gasteiger partial charge < -0.3 is 10.2 Å². The third kappa shape index (κ3) is 4.22. The van der Waals surface area contributed by atoms with Crippen molar-refractivity contribution < 1.29 is 4.79 Å². The first-order valence-corrected chi connectivity index (χ1v) is 10.6. The molecule has 1 N–H and O–H groups in total. The molecule has 0 bridgehead atoms. The summed E-state index contributed by atoms with van der Waals surface area (Å²) in [6.07, 6.45) is 5.35. The van der Waals surface area contributed by atoms with Gasteiger partial charge in [-0.25, -0.2) is 4.79 Å². The number of aryl methyl sites for hydroxylation is 1. The van der Waals surface area contributed by atoms with Crippen LogP contribution in [-0.4, -0.2) is 43.7 Å². The SMILES string of the molecule is CN1CCC(C2CCc3ccccc3N2C(=O)NCCc2ccccc2)CC1. The maximum Gasteiger partial charge on any atom is 0.322 e. The number of para-hydroxylation sites is 1.